The molecule has 0 bridgehead atoms. The Morgan fingerprint density at radius 1 is 1.00 bits per heavy atom. The van der Waals surface area contributed by atoms with E-state index in [1.165, 1.54) is 16.9 Å². The van der Waals surface area contributed by atoms with Gasteiger partial charge in [0.1, 0.15) is 33.9 Å². The highest BCUT2D eigenvalue weighted by Crippen LogP contribution is 2.37. The van der Waals surface area contributed by atoms with Crippen molar-refractivity contribution in [3.05, 3.63) is 77.1 Å². The van der Waals surface area contributed by atoms with Gasteiger partial charge in [-0.15, -0.1) is 0 Å². The van der Waals surface area contributed by atoms with E-state index < -0.39 is 0 Å². The molecular weight excluding hydrogens is 504 g/mol. The molecule has 39 heavy (non-hydrogen) atoms. The van der Waals surface area contributed by atoms with Gasteiger partial charge in [0.05, 0.1) is 5.69 Å². The van der Waals surface area contributed by atoms with Crippen LogP contribution in [0.5, 0.6) is 0 Å². The second-order valence-electron chi connectivity index (χ2n) is 9.73. The van der Waals surface area contributed by atoms with Crippen molar-refractivity contribution in [3.8, 4) is 28.5 Å². The molecule has 4 aromatic heterocycles. The molecule has 1 saturated heterocycles. The van der Waals surface area contributed by atoms with Crippen molar-refractivity contribution in [2.45, 2.75) is 20.3 Å². The lowest BCUT2D eigenvalue weighted by Gasteiger charge is -2.28. The molecule has 5 heterocycles. The first-order valence-electron chi connectivity index (χ1n) is 13.2. The number of thiazole rings is 1. The number of pyridine rings is 2. The second-order valence-corrected chi connectivity index (χ2v) is 10.7. The first kappa shape index (κ1) is 25.0. The summed E-state index contributed by atoms with van der Waals surface area (Å²) in [6.45, 7) is 8.07. The molecule has 0 aliphatic carbocycles. The van der Waals surface area contributed by atoms with Gasteiger partial charge in [0.25, 0.3) is 0 Å². The summed E-state index contributed by atoms with van der Waals surface area (Å²) < 4.78 is 2.12. The van der Waals surface area contributed by atoms with Crippen molar-refractivity contribution < 1.29 is 0 Å². The van der Waals surface area contributed by atoms with Gasteiger partial charge in [0.15, 0.2) is 5.13 Å². The number of anilines is 3. The summed E-state index contributed by atoms with van der Waals surface area (Å²) >= 11 is 1.40. The lowest BCUT2D eigenvalue weighted by Crippen LogP contribution is -2.43. The van der Waals surface area contributed by atoms with E-state index in [4.69, 9.17) is 15.0 Å². The monoisotopic (exact) mass is 534 g/mol. The van der Waals surface area contributed by atoms with E-state index >= 15 is 0 Å². The van der Waals surface area contributed by atoms with Gasteiger partial charge in [-0.05, 0) is 37.6 Å². The average Bonchev–Trinajstić information content (AvgIpc) is 3.59. The van der Waals surface area contributed by atoms with Crippen LogP contribution in [-0.2, 0) is 6.42 Å². The normalized spacial score (nSPS) is 13.5. The largest absolute Gasteiger partial charge is 0.354 e. The first-order valence-corrected chi connectivity index (χ1v) is 14.0. The maximum absolute atomic E-state index is 9.87. The van der Waals surface area contributed by atoms with Crippen molar-refractivity contribution in [3.63, 3.8) is 0 Å². The Morgan fingerprint density at radius 2 is 1.74 bits per heavy atom. The third kappa shape index (κ3) is 4.73. The number of imidazole rings is 1. The molecule has 0 atom stereocenters. The van der Waals surface area contributed by atoms with Crippen molar-refractivity contribution in [1.29, 1.82) is 5.26 Å². The molecular formula is C30H30N8S. The number of piperazine rings is 1. The number of nitriles is 1. The summed E-state index contributed by atoms with van der Waals surface area (Å²) in [6, 6.07) is 18.9. The fourth-order valence-electron chi connectivity index (χ4n) is 5.01. The molecule has 8 nitrogen and oxygen atoms in total. The number of rotatable bonds is 6. The number of hydrogen-bond acceptors (Lipinski definition) is 8. The van der Waals surface area contributed by atoms with Crippen LogP contribution in [0.3, 0.4) is 0 Å². The fourth-order valence-corrected chi connectivity index (χ4v) is 5.86. The predicted octanol–water partition coefficient (Wildman–Crippen LogP) is 5.44. The molecule has 6 rings (SSSR count). The van der Waals surface area contributed by atoms with E-state index in [0.717, 1.165) is 77.4 Å². The van der Waals surface area contributed by atoms with E-state index in [1.807, 2.05) is 37.5 Å². The van der Waals surface area contributed by atoms with Gasteiger partial charge in [-0.3, -0.25) is 4.40 Å². The summed E-state index contributed by atoms with van der Waals surface area (Å²) in [5, 5.41) is 14.0. The Kier molecular flexibility index (Phi) is 6.73. The number of benzene rings is 1. The summed E-state index contributed by atoms with van der Waals surface area (Å²) in [5.74, 6) is 1.97. The molecule has 0 unspecified atom stereocenters. The minimum Gasteiger partial charge on any atom is -0.354 e. The maximum atomic E-state index is 9.87. The molecule has 1 aromatic carbocycles. The van der Waals surface area contributed by atoms with Gasteiger partial charge >= 0.3 is 0 Å². The number of fused-ring (bicyclic) bond motifs is 1. The number of hydrogen-bond donors (Lipinski definition) is 1. The lowest BCUT2D eigenvalue weighted by molar-refractivity contribution is 0.585. The Hall–Kier alpha value is -4.26. The van der Waals surface area contributed by atoms with E-state index in [-0.39, 0.29) is 0 Å². The molecule has 0 radical (unpaired) electrons. The Labute approximate surface area is 232 Å². The Bertz CT molecular complexity index is 1650. The van der Waals surface area contributed by atoms with Crippen LogP contribution in [0.4, 0.5) is 16.8 Å². The van der Waals surface area contributed by atoms with Gasteiger partial charge in [0, 0.05) is 62.3 Å². The molecule has 0 saturated carbocycles. The Balaban J connectivity index is 1.37. The van der Waals surface area contributed by atoms with Gasteiger partial charge in [-0.1, -0.05) is 48.1 Å². The van der Waals surface area contributed by atoms with Gasteiger partial charge < -0.3 is 15.1 Å². The van der Waals surface area contributed by atoms with Crippen molar-refractivity contribution >= 4 is 33.8 Å². The zero-order chi connectivity index (χ0) is 26.9. The topological polar surface area (TPSA) is 85.4 Å². The van der Waals surface area contributed by atoms with Crippen LogP contribution in [0.2, 0.25) is 0 Å². The standard InChI is InChI=1S/C30H30N8S/c1-4-24-29(36(3)30-35-28(25(17-31)39-30)21-7-5-20(2)6-8-21)38-19-23(10-12-27(38)34-24)22-9-11-26(33-18-22)37-15-13-32-14-16-37/h5-12,18-19,32H,4,13-16H2,1-3H3. The number of aryl methyl sites for hydroxylation is 2. The van der Waals surface area contributed by atoms with Gasteiger partial charge in [-0.2, -0.15) is 5.26 Å². The zero-order valence-corrected chi connectivity index (χ0v) is 23.2. The highest BCUT2D eigenvalue weighted by atomic mass is 32.1. The summed E-state index contributed by atoms with van der Waals surface area (Å²) in [4.78, 5) is 19.6. The minimum absolute atomic E-state index is 0.601. The van der Waals surface area contributed by atoms with Crippen LogP contribution in [0.15, 0.2) is 60.9 Å². The predicted molar refractivity (Wildman–Crippen MR) is 158 cm³/mol. The van der Waals surface area contributed by atoms with Crippen molar-refractivity contribution in [2.75, 3.05) is 43.0 Å². The average molecular weight is 535 g/mol. The lowest BCUT2D eigenvalue weighted by atomic mass is 10.1. The number of nitrogens with one attached hydrogen (secondary N) is 1. The molecule has 5 aromatic rings. The molecule has 1 N–H and O–H groups in total. The molecule has 196 valence electrons. The van der Waals surface area contributed by atoms with E-state index in [9.17, 15) is 5.26 Å². The van der Waals surface area contributed by atoms with Crippen LogP contribution in [-0.4, -0.2) is 52.6 Å². The van der Waals surface area contributed by atoms with E-state index in [2.05, 4.69) is 69.9 Å². The van der Waals surface area contributed by atoms with Crippen LogP contribution in [0.1, 0.15) is 23.1 Å². The SMILES string of the molecule is CCc1nc2ccc(-c3ccc(N4CCNCC4)nc3)cn2c1N(C)c1nc(-c2ccc(C)cc2)c(C#N)s1. The third-order valence-corrected chi connectivity index (χ3v) is 8.20. The summed E-state index contributed by atoms with van der Waals surface area (Å²) in [5.41, 5.74) is 6.81. The van der Waals surface area contributed by atoms with E-state index in [1.54, 1.807) is 0 Å². The molecule has 0 amide bonds. The Morgan fingerprint density at radius 3 is 2.44 bits per heavy atom. The smallest absolute Gasteiger partial charge is 0.192 e. The minimum atomic E-state index is 0.601. The number of nitrogens with zero attached hydrogens (tertiary/aromatic N) is 7. The van der Waals surface area contributed by atoms with Crippen molar-refractivity contribution in [1.82, 2.24) is 24.7 Å². The zero-order valence-electron chi connectivity index (χ0n) is 22.3. The fraction of sp³-hybridized carbons (Fsp3) is 0.267. The second kappa shape index (κ2) is 10.5. The third-order valence-electron chi connectivity index (χ3n) is 7.17. The van der Waals surface area contributed by atoms with Gasteiger partial charge in [-0.25, -0.2) is 15.0 Å². The van der Waals surface area contributed by atoms with Crippen LogP contribution in [0.25, 0.3) is 28.0 Å². The van der Waals surface area contributed by atoms with Crippen LogP contribution in [0, 0.1) is 18.3 Å². The van der Waals surface area contributed by atoms with E-state index in [0.29, 0.717) is 10.6 Å². The molecule has 1 aliphatic heterocycles. The summed E-state index contributed by atoms with van der Waals surface area (Å²) in [7, 11) is 2.00. The highest BCUT2D eigenvalue weighted by Gasteiger charge is 2.22. The van der Waals surface area contributed by atoms with Gasteiger partial charge in [0.2, 0.25) is 0 Å². The van der Waals surface area contributed by atoms with Crippen molar-refractivity contribution in [2.24, 2.45) is 0 Å². The quantitative estimate of drug-likeness (QED) is 0.310. The highest BCUT2D eigenvalue weighted by molar-refractivity contribution is 7.16. The number of aromatic nitrogens is 4. The van der Waals surface area contributed by atoms with Crippen LogP contribution < -0.4 is 15.1 Å². The molecule has 0 spiro atoms. The molecule has 9 heteroatoms. The maximum Gasteiger partial charge on any atom is 0.192 e. The summed E-state index contributed by atoms with van der Waals surface area (Å²) in [6.07, 6.45) is 4.85. The van der Waals surface area contributed by atoms with Crippen LogP contribution >= 0.6 is 11.3 Å². The molecule has 1 aliphatic rings. The first-order chi connectivity index (χ1) is 19.1. The molecule has 1 fully saturated rings.